The van der Waals surface area contributed by atoms with Crippen molar-refractivity contribution in [2.45, 2.75) is 26.4 Å². The standard InChI is InChI=1S/C17H37N3O6/c1-9-19(6,7)26-20(8,25-18(4)5)11-10-12-23-13-16(21)14-24-17(22)15(2)3/h16,21H,2,9-14H2,1,3-8H3/q+2. The van der Waals surface area contributed by atoms with E-state index in [1.165, 1.54) is 0 Å². The van der Waals surface area contributed by atoms with Crippen LogP contribution in [0.4, 0.5) is 0 Å². The molecule has 0 aromatic carbocycles. The molecule has 0 aliphatic carbocycles. The predicted octanol–water partition coefficient (Wildman–Crippen LogP) is 0.671. The lowest BCUT2D eigenvalue weighted by Gasteiger charge is -2.34. The third-order valence-electron chi connectivity index (χ3n) is 3.41. The molecule has 0 heterocycles. The number of esters is 1. The van der Waals surface area contributed by atoms with Crippen LogP contribution in [0.5, 0.6) is 0 Å². The fraction of sp³-hybridized carbons (Fsp3) is 0.824. The molecule has 9 heteroatoms. The summed E-state index contributed by atoms with van der Waals surface area (Å²) < 4.78 is 10.7. The van der Waals surface area contributed by atoms with Gasteiger partial charge in [-0.2, -0.15) is 0 Å². The summed E-state index contributed by atoms with van der Waals surface area (Å²) in [6.07, 6.45) is -0.212. The van der Waals surface area contributed by atoms with Crippen LogP contribution in [-0.2, 0) is 24.1 Å². The molecule has 154 valence electrons. The lowest BCUT2D eigenvalue weighted by molar-refractivity contribution is -1.41. The van der Waals surface area contributed by atoms with E-state index in [0.717, 1.165) is 6.54 Å². The van der Waals surface area contributed by atoms with Crippen LogP contribution in [0.1, 0.15) is 20.3 Å². The Morgan fingerprint density at radius 3 is 2.35 bits per heavy atom. The Morgan fingerprint density at radius 2 is 1.85 bits per heavy atom. The van der Waals surface area contributed by atoms with Crippen LogP contribution in [0, 0.1) is 0 Å². The van der Waals surface area contributed by atoms with Crippen LogP contribution in [0.15, 0.2) is 12.2 Å². The molecule has 0 rings (SSSR count). The highest BCUT2D eigenvalue weighted by Crippen LogP contribution is 2.14. The van der Waals surface area contributed by atoms with Gasteiger partial charge in [0, 0.05) is 35.8 Å². The summed E-state index contributed by atoms with van der Waals surface area (Å²) >= 11 is 0. The molecule has 0 saturated heterocycles. The van der Waals surface area contributed by atoms with Crippen molar-refractivity contribution in [3.63, 3.8) is 0 Å². The maximum absolute atomic E-state index is 11.3. The minimum atomic E-state index is -0.871. The van der Waals surface area contributed by atoms with Gasteiger partial charge >= 0.3 is 5.97 Å². The van der Waals surface area contributed by atoms with E-state index in [0.29, 0.717) is 29.8 Å². The molecule has 0 fully saturated rings. The molecule has 0 radical (unpaired) electrons. The number of hydrogen-bond donors (Lipinski definition) is 1. The molecular formula is C17H37N3O6+2. The average molecular weight is 379 g/mol. The minimum Gasteiger partial charge on any atom is -0.460 e. The Morgan fingerprint density at radius 1 is 1.23 bits per heavy atom. The highest BCUT2D eigenvalue weighted by atomic mass is 17.1. The van der Waals surface area contributed by atoms with Crippen LogP contribution in [0.2, 0.25) is 0 Å². The van der Waals surface area contributed by atoms with Gasteiger partial charge in [-0.15, -0.1) is 9.71 Å². The molecule has 2 unspecified atom stereocenters. The highest BCUT2D eigenvalue weighted by molar-refractivity contribution is 5.86. The van der Waals surface area contributed by atoms with E-state index >= 15 is 0 Å². The fourth-order valence-electron chi connectivity index (χ4n) is 1.98. The lowest BCUT2D eigenvalue weighted by Crippen LogP contribution is -2.57. The SMILES string of the molecule is C=C(C)C(=O)OCC(O)COCCC[N+](C)(ON(C)C)O[N+](C)(C)CC. The van der Waals surface area contributed by atoms with E-state index < -0.39 is 12.1 Å². The van der Waals surface area contributed by atoms with Gasteiger partial charge in [-0.1, -0.05) is 11.5 Å². The van der Waals surface area contributed by atoms with E-state index in [1.807, 2.05) is 28.1 Å². The number of nitrogens with zero attached hydrogens (tertiary/aromatic N) is 3. The van der Waals surface area contributed by atoms with Gasteiger partial charge in [-0.3, -0.25) is 0 Å². The topological polar surface area (TPSA) is 77.5 Å². The number of carbonyl (C=O) groups is 1. The zero-order valence-electron chi connectivity index (χ0n) is 17.4. The van der Waals surface area contributed by atoms with Crippen molar-refractivity contribution in [1.29, 1.82) is 0 Å². The molecular weight excluding hydrogens is 342 g/mol. The molecule has 1 N–H and O–H groups in total. The van der Waals surface area contributed by atoms with Crippen molar-refractivity contribution in [1.82, 2.24) is 5.06 Å². The monoisotopic (exact) mass is 379 g/mol. The molecule has 9 nitrogen and oxygen atoms in total. The highest BCUT2D eigenvalue weighted by Gasteiger charge is 2.37. The number of ether oxygens (including phenoxy) is 2. The zero-order chi connectivity index (χ0) is 20.4. The van der Waals surface area contributed by atoms with Crippen molar-refractivity contribution in [2.75, 3.05) is 68.1 Å². The predicted molar refractivity (Wildman–Crippen MR) is 96.8 cm³/mol. The normalized spacial score (nSPS) is 15.6. The number of carbonyl (C=O) groups excluding carboxylic acids is 1. The molecule has 0 saturated carbocycles. The summed E-state index contributed by atoms with van der Waals surface area (Å²) in [4.78, 5) is 23.0. The van der Waals surface area contributed by atoms with Crippen LogP contribution in [0.3, 0.4) is 0 Å². The van der Waals surface area contributed by atoms with Crippen LogP contribution < -0.4 is 0 Å². The van der Waals surface area contributed by atoms with Gasteiger partial charge in [-0.25, -0.2) is 4.79 Å². The van der Waals surface area contributed by atoms with Gasteiger partial charge < -0.3 is 14.6 Å². The van der Waals surface area contributed by atoms with E-state index in [4.69, 9.17) is 19.4 Å². The molecule has 0 spiro atoms. The minimum absolute atomic E-state index is 0.0595. The fourth-order valence-corrected chi connectivity index (χ4v) is 1.98. The van der Waals surface area contributed by atoms with E-state index in [-0.39, 0.29) is 18.0 Å². The van der Waals surface area contributed by atoms with Crippen molar-refractivity contribution in [3.8, 4) is 0 Å². The molecule has 0 aromatic rings. The van der Waals surface area contributed by atoms with Crippen molar-refractivity contribution >= 4 is 5.97 Å². The number of hydrogen-bond acceptors (Lipinski definition) is 7. The summed E-state index contributed by atoms with van der Waals surface area (Å²) in [5.74, 6) is -0.522. The third-order valence-corrected chi connectivity index (χ3v) is 3.41. The van der Waals surface area contributed by atoms with Gasteiger partial charge in [0.05, 0.1) is 13.2 Å². The average Bonchev–Trinajstić information content (AvgIpc) is 2.50. The smallest absolute Gasteiger partial charge is 0.333 e. The van der Waals surface area contributed by atoms with Gasteiger partial charge in [-0.05, 0) is 13.8 Å². The van der Waals surface area contributed by atoms with Gasteiger partial charge in [0.2, 0.25) is 0 Å². The van der Waals surface area contributed by atoms with Crippen LogP contribution in [0.25, 0.3) is 0 Å². The first-order valence-electron chi connectivity index (χ1n) is 8.76. The second kappa shape index (κ2) is 11.6. The Balaban J connectivity index is 4.22. The van der Waals surface area contributed by atoms with E-state index in [9.17, 15) is 9.90 Å². The molecule has 0 aromatic heterocycles. The van der Waals surface area contributed by atoms with E-state index in [1.54, 1.807) is 26.1 Å². The lowest BCUT2D eigenvalue weighted by atomic mass is 10.3. The van der Waals surface area contributed by atoms with Crippen molar-refractivity contribution in [2.24, 2.45) is 0 Å². The summed E-state index contributed by atoms with van der Waals surface area (Å²) in [6, 6.07) is 0. The quantitative estimate of drug-likeness (QED) is 0.156. The van der Waals surface area contributed by atoms with E-state index in [2.05, 4.69) is 6.58 Å². The van der Waals surface area contributed by atoms with Crippen LogP contribution in [-0.4, -0.2) is 99.8 Å². The number of rotatable bonds is 14. The first-order chi connectivity index (χ1) is 11.9. The Hall–Kier alpha value is -1.07. The Labute approximate surface area is 157 Å². The maximum atomic E-state index is 11.3. The Bertz CT molecular complexity index is 444. The molecule has 0 amide bonds. The third kappa shape index (κ3) is 11.5. The molecule has 0 aliphatic rings. The molecule has 0 bridgehead atoms. The number of quaternary nitrogens is 2. The number of aliphatic hydroxyl groups is 1. The summed E-state index contributed by atoms with van der Waals surface area (Å²) in [7, 11) is 9.33. The van der Waals surface area contributed by atoms with Crippen LogP contribution >= 0.6 is 0 Å². The number of aliphatic hydroxyl groups excluding tert-OH is 1. The molecule has 26 heavy (non-hydrogen) atoms. The maximum Gasteiger partial charge on any atom is 0.333 e. The molecule has 2 atom stereocenters. The largest absolute Gasteiger partial charge is 0.460 e. The van der Waals surface area contributed by atoms with Gasteiger partial charge in [0.25, 0.3) is 0 Å². The molecule has 0 aliphatic heterocycles. The summed E-state index contributed by atoms with van der Waals surface area (Å²) in [5, 5.41) is 11.3. The van der Waals surface area contributed by atoms with Gasteiger partial charge in [0.15, 0.2) is 6.54 Å². The first-order valence-corrected chi connectivity index (χ1v) is 8.76. The first kappa shape index (κ1) is 24.9. The summed E-state index contributed by atoms with van der Waals surface area (Å²) in [5.41, 5.74) is 0.296. The number of hydroxylamine groups is 9. The second-order valence-corrected chi connectivity index (χ2v) is 7.06. The zero-order valence-corrected chi connectivity index (χ0v) is 17.4. The Kier molecular flexibility index (Phi) is 11.1. The van der Waals surface area contributed by atoms with Crippen molar-refractivity contribution in [3.05, 3.63) is 12.2 Å². The summed E-state index contributed by atoms with van der Waals surface area (Å²) in [6.45, 7) is 8.79. The second-order valence-electron chi connectivity index (χ2n) is 7.06. The van der Waals surface area contributed by atoms with Gasteiger partial charge in [0.1, 0.15) is 40.4 Å². The van der Waals surface area contributed by atoms with Crippen molar-refractivity contribution < 1.29 is 38.7 Å².